The van der Waals surface area contributed by atoms with Crippen LogP contribution in [0.5, 0.6) is 0 Å². The fourth-order valence-electron chi connectivity index (χ4n) is 3.55. The third kappa shape index (κ3) is 8.08. The van der Waals surface area contributed by atoms with E-state index in [4.69, 9.17) is 23.2 Å². The number of nitrogens with zero attached hydrogens (tertiary/aromatic N) is 1. The van der Waals surface area contributed by atoms with Crippen LogP contribution in [0.25, 0.3) is 0 Å². The first kappa shape index (κ1) is 26.1. The van der Waals surface area contributed by atoms with Crippen molar-refractivity contribution in [3.63, 3.8) is 0 Å². The van der Waals surface area contributed by atoms with Gasteiger partial charge in [-0.15, -0.1) is 11.8 Å². The van der Waals surface area contributed by atoms with Crippen LogP contribution >= 0.6 is 35.0 Å². The highest BCUT2D eigenvalue weighted by molar-refractivity contribution is 7.99. The standard InChI is InChI=1S/C27H28Cl2N2O2S/c1-2-30-27(33)25(16-20-6-4-3-5-7-20)31(17-21-8-12-23(28)13-9-21)26(32)19-34-18-22-10-14-24(29)15-11-22/h3-15,25H,2,16-19H2,1H3,(H,30,33). The number of hydrogen-bond acceptors (Lipinski definition) is 3. The zero-order chi connectivity index (χ0) is 24.3. The van der Waals surface area contributed by atoms with Gasteiger partial charge in [-0.1, -0.05) is 77.8 Å². The topological polar surface area (TPSA) is 49.4 Å². The van der Waals surface area contributed by atoms with Crippen molar-refractivity contribution in [1.82, 2.24) is 10.2 Å². The monoisotopic (exact) mass is 514 g/mol. The van der Waals surface area contributed by atoms with Gasteiger partial charge in [-0.25, -0.2) is 0 Å². The summed E-state index contributed by atoms with van der Waals surface area (Å²) in [6.07, 6.45) is 0.438. The molecule has 0 saturated heterocycles. The molecule has 0 radical (unpaired) electrons. The van der Waals surface area contributed by atoms with Crippen molar-refractivity contribution in [3.05, 3.63) is 106 Å². The number of hydrogen-bond donors (Lipinski definition) is 1. The van der Waals surface area contributed by atoms with Gasteiger partial charge < -0.3 is 10.2 Å². The summed E-state index contributed by atoms with van der Waals surface area (Å²) in [4.78, 5) is 28.3. The van der Waals surface area contributed by atoms with Crippen LogP contribution in [0.2, 0.25) is 10.0 Å². The van der Waals surface area contributed by atoms with Crippen molar-refractivity contribution in [2.45, 2.75) is 31.7 Å². The minimum Gasteiger partial charge on any atom is -0.355 e. The fourth-order valence-corrected chi connectivity index (χ4v) is 4.67. The maximum Gasteiger partial charge on any atom is 0.243 e. The molecule has 0 saturated carbocycles. The van der Waals surface area contributed by atoms with Crippen LogP contribution in [-0.2, 0) is 28.3 Å². The second kappa shape index (κ2) is 13.4. The smallest absolute Gasteiger partial charge is 0.243 e. The lowest BCUT2D eigenvalue weighted by Crippen LogP contribution is -2.51. The molecule has 0 spiro atoms. The van der Waals surface area contributed by atoms with Crippen molar-refractivity contribution < 1.29 is 9.59 Å². The summed E-state index contributed by atoms with van der Waals surface area (Å²) in [5, 5.41) is 4.22. The normalized spacial score (nSPS) is 11.6. The molecule has 4 nitrogen and oxygen atoms in total. The minimum atomic E-state index is -0.623. The molecular weight excluding hydrogens is 487 g/mol. The summed E-state index contributed by atoms with van der Waals surface area (Å²) in [7, 11) is 0. The van der Waals surface area contributed by atoms with E-state index in [0.29, 0.717) is 35.3 Å². The number of amides is 2. The third-order valence-corrected chi connectivity index (χ3v) is 6.79. The van der Waals surface area contributed by atoms with Gasteiger partial charge in [0.05, 0.1) is 5.75 Å². The maximum absolute atomic E-state index is 13.5. The molecule has 178 valence electrons. The molecule has 1 unspecified atom stereocenters. The molecule has 3 aromatic rings. The van der Waals surface area contributed by atoms with Gasteiger partial charge in [-0.05, 0) is 47.9 Å². The van der Waals surface area contributed by atoms with Crippen LogP contribution in [0, 0.1) is 0 Å². The molecule has 1 N–H and O–H groups in total. The van der Waals surface area contributed by atoms with Crippen molar-refractivity contribution >= 4 is 46.8 Å². The van der Waals surface area contributed by atoms with Crippen LogP contribution in [0.1, 0.15) is 23.6 Å². The molecule has 3 rings (SSSR count). The largest absolute Gasteiger partial charge is 0.355 e. The van der Waals surface area contributed by atoms with Gasteiger partial charge in [0, 0.05) is 35.3 Å². The number of thioether (sulfide) groups is 1. The van der Waals surface area contributed by atoms with E-state index in [9.17, 15) is 9.59 Å². The van der Waals surface area contributed by atoms with Gasteiger partial charge in [-0.2, -0.15) is 0 Å². The predicted octanol–water partition coefficient (Wildman–Crippen LogP) is 6.00. The number of carbonyl (C=O) groups excluding carboxylic acids is 2. The lowest BCUT2D eigenvalue weighted by atomic mass is 10.0. The van der Waals surface area contributed by atoms with Crippen molar-refractivity contribution in [2.75, 3.05) is 12.3 Å². The number of nitrogens with one attached hydrogen (secondary N) is 1. The lowest BCUT2D eigenvalue weighted by molar-refractivity contribution is -0.139. The van der Waals surface area contributed by atoms with E-state index in [2.05, 4.69) is 5.32 Å². The molecule has 1 atom stereocenters. The Kier molecular flexibility index (Phi) is 10.3. The summed E-state index contributed by atoms with van der Waals surface area (Å²) in [5.41, 5.74) is 3.01. The number of benzene rings is 3. The van der Waals surface area contributed by atoms with Crippen molar-refractivity contribution in [1.29, 1.82) is 0 Å². The molecule has 0 heterocycles. The second-order valence-corrected chi connectivity index (χ2v) is 9.73. The molecule has 3 aromatic carbocycles. The van der Waals surface area contributed by atoms with E-state index in [-0.39, 0.29) is 17.6 Å². The van der Waals surface area contributed by atoms with Crippen molar-refractivity contribution in [2.24, 2.45) is 0 Å². The highest BCUT2D eigenvalue weighted by Gasteiger charge is 2.30. The zero-order valence-corrected chi connectivity index (χ0v) is 21.4. The molecule has 7 heteroatoms. The first-order chi connectivity index (χ1) is 16.5. The first-order valence-corrected chi connectivity index (χ1v) is 13.0. The van der Waals surface area contributed by atoms with Gasteiger partial charge in [0.1, 0.15) is 6.04 Å². The van der Waals surface area contributed by atoms with Gasteiger partial charge >= 0.3 is 0 Å². The average Bonchev–Trinajstić information content (AvgIpc) is 2.84. The van der Waals surface area contributed by atoms with Crippen LogP contribution in [0.15, 0.2) is 78.9 Å². The van der Waals surface area contributed by atoms with Crippen LogP contribution < -0.4 is 5.32 Å². The van der Waals surface area contributed by atoms with Gasteiger partial charge in [-0.3, -0.25) is 9.59 Å². The van der Waals surface area contributed by atoms with E-state index in [0.717, 1.165) is 16.7 Å². The summed E-state index contributed by atoms with van der Waals surface area (Å²) < 4.78 is 0. The quantitative estimate of drug-likeness (QED) is 0.341. The Balaban J connectivity index is 1.81. The Bertz CT molecular complexity index is 1060. The van der Waals surface area contributed by atoms with E-state index in [1.807, 2.05) is 73.7 Å². The maximum atomic E-state index is 13.5. The number of likely N-dealkylation sites (N-methyl/N-ethyl adjacent to an activating group) is 1. The van der Waals surface area contributed by atoms with Crippen LogP contribution in [0.3, 0.4) is 0 Å². The van der Waals surface area contributed by atoms with Gasteiger partial charge in [0.25, 0.3) is 0 Å². The average molecular weight is 516 g/mol. The number of halogens is 2. The number of rotatable bonds is 11. The Hall–Kier alpha value is -2.47. The fraction of sp³-hybridized carbons (Fsp3) is 0.259. The van der Waals surface area contributed by atoms with E-state index in [1.165, 1.54) is 11.8 Å². The Morgan fingerprint density at radius 2 is 1.44 bits per heavy atom. The molecule has 0 aliphatic rings. The van der Waals surface area contributed by atoms with Crippen LogP contribution in [0.4, 0.5) is 0 Å². The van der Waals surface area contributed by atoms with Gasteiger partial charge in [0.2, 0.25) is 11.8 Å². The molecule has 0 bridgehead atoms. The van der Waals surface area contributed by atoms with E-state index < -0.39 is 6.04 Å². The second-order valence-electron chi connectivity index (χ2n) is 7.87. The first-order valence-electron chi connectivity index (χ1n) is 11.1. The molecule has 0 aliphatic heterocycles. The highest BCUT2D eigenvalue weighted by atomic mass is 35.5. The summed E-state index contributed by atoms with van der Waals surface area (Å²) in [6.45, 7) is 2.70. The third-order valence-electron chi connectivity index (χ3n) is 5.30. The Morgan fingerprint density at radius 3 is 2.03 bits per heavy atom. The minimum absolute atomic E-state index is 0.0823. The predicted molar refractivity (Wildman–Crippen MR) is 142 cm³/mol. The van der Waals surface area contributed by atoms with Crippen LogP contribution in [-0.4, -0.2) is 35.1 Å². The Morgan fingerprint density at radius 1 is 0.853 bits per heavy atom. The summed E-state index contributed by atoms with van der Waals surface area (Å²) >= 11 is 13.5. The molecule has 2 amide bonds. The molecule has 0 aromatic heterocycles. The van der Waals surface area contributed by atoms with E-state index in [1.54, 1.807) is 17.0 Å². The van der Waals surface area contributed by atoms with Gasteiger partial charge in [0.15, 0.2) is 0 Å². The molecule has 0 aliphatic carbocycles. The highest BCUT2D eigenvalue weighted by Crippen LogP contribution is 2.20. The number of carbonyl (C=O) groups is 2. The molecule has 0 fully saturated rings. The summed E-state index contributed by atoms with van der Waals surface area (Å²) in [5.74, 6) is 0.709. The SMILES string of the molecule is CCNC(=O)C(Cc1ccccc1)N(Cc1ccc(Cl)cc1)C(=O)CSCc1ccc(Cl)cc1. The Labute approximate surface area is 215 Å². The zero-order valence-electron chi connectivity index (χ0n) is 19.0. The molecular formula is C27H28Cl2N2O2S. The lowest BCUT2D eigenvalue weighted by Gasteiger charge is -2.31. The van der Waals surface area contributed by atoms with E-state index >= 15 is 0 Å². The summed E-state index contributed by atoms with van der Waals surface area (Å²) in [6, 6.07) is 24.1. The molecule has 34 heavy (non-hydrogen) atoms. The van der Waals surface area contributed by atoms with Crippen molar-refractivity contribution in [3.8, 4) is 0 Å².